The third-order valence-corrected chi connectivity index (χ3v) is 2.58. The average molecular weight is 262 g/mol. The van der Waals surface area contributed by atoms with Crippen LogP contribution in [0.1, 0.15) is 16.8 Å². The predicted octanol–water partition coefficient (Wildman–Crippen LogP) is 1.74. The smallest absolute Gasteiger partial charge is 0.335 e. The molecule has 6 nitrogen and oxygen atoms in total. The van der Waals surface area contributed by atoms with Gasteiger partial charge in [-0.05, 0) is 18.2 Å². The van der Waals surface area contributed by atoms with E-state index in [1.165, 1.54) is 18.5 Å². The number of rotatable bonds is 6. The summed E-state index contributed by atoms with van der Waals surface area (Å²) in [5.74, 6) is -0.527. The molecule has 19 heavy (non-hydrogen) atoms. The molecule has 2 rings (SSSR count). The number of methoxy groups -OCH3 is 1. The minimum Gasteiger partial charge on any atom is -0.478 e. The third kappa shape index (κ3) is 3.17. The SMILES string of the molecule is COCCCOc1ncnc2cc(C(=O)O)ccc12. The molecule has 0 atom stereocenters. The molecule has 0 saturated heterocycles. The molecular formula is C13H14N2O4. The molecule has 0 unspecified atom stereocenters. The molecule has 0 amide bonds. The van der Waals surface area contributed by atoms with Crippen LogP contribution in [0.15, 0.2) is 24.5 Å². The lowest BCUT2D eigenvalue weighted by Gasteiger charge is -2.07. The number of carboxylic acids is 1. The van der Waals surface area contributed by atoms with Crippen LogP contribution in [0.3, 0.4) is 0 Å². The molecule has 2 aromatic rings. The molecule has 0 fully saturated rings. The highest BCUT2D eigenvalue weighted by molar-refractivity contribution is 5.94. The molecule has 0 aliphatic rings. The van der Waals surface area contributed by atoms with Crippen LogP contribution < -0.4 is 4.74 Å². The van der Waals surface area contributed by atoms with E-state index in [2.05, 4.69) is 9.97 Å². The summed E-state index contributed by atoms with van der Waals surface area (Å²) < 4.78 is 10.5. The molecule has 1 N–H and O–H groups in total. The van der Waals surface area contributed by atoms with Crippen LogP contribution in [0, 0.1) is 0 Å². The number of ether oxygens (including phenoxy) is 2. The van der Waals surface area contributed by atoms with E-state index in [0.717, 1.165) is 6.42 Å². The summed E-state index contributed by atoms with van der Waals surface area (Å²) in [6.07, 6.45) is 2.12. The Morgan fingerprint density at radius 1 is 1.32 bits per heavy atom. The van der Waals surface area contributed by atoms with Crippen molar-refractivity contribution < 1.29 is 19.4 Å². The maximum Gasteiger partial charge on any atom is 0.335 e. The second-order valence-corrected chi connectivity index (χ2v) is 3.91. The van der Waals surface area contributed by atoms with Gasteiger partial charge >= 0.3 is 5.97 Å². The number of carboxylic acid groups (broad SMARTS) is 1. The van der Waals surface area contributed by atoms with Gasteiger partial charge in [0.1, 0.15) is 6.33 Å². The standard InChI is InChI=1S/C13H14N2O4/c1-18-5-2-6-19-12-10-4-3-9(13(16)17)7-11(10)14-8-15-12/h3-4,7-8H,2,5-6H2,1H3,(H,16,17). The Morgan fingerprint density at radius 3 is 2.89 bits per heavy atom. The highest BCUT2D eigenvalue weighted by Crippen LogP contribution is 2.22. The van der Waals surface area contributed by atoms with Crippen LogP contribution in [0.2, 0.25) is 0 Å². The lowest BCUT2D eigenvalue weighted by molar-refractivity contribution is 0.0697. The van der Waals surface area contributed by atoms with Crippen LogP contribution in [-0.2, 0) is 4.74 Å². The first-order chi connectivity index (χ1) is 9.22. The van der Waals surface area contributed by atoms with Gasteiger partial charge in [-0.3, -0.25) is 0 Å². The molecule has 0 saturated carbocycles. The molecule has 100 valence electrons. The van der Waals surface area contributed by atoms with Gasteiger partial charge in [-0.25, -0.2) is 14.8 Å². The largest absolute Gasteiger partial charge is 0.478 e. The molecule has 0 aliphatic carbocycles. The highest BCUT2D eigenvalue weighted by atomic mass is 16.5. The zero-order valence-corrected chi connectivity index (χ0v) is 10.5. The Hall–Kier alpha value is -2.21. The van der Waals surface area contributed by atoms with Crippen molar-refractivity contribution in [3.8, 4) is 5.88 Å². The van der Waals surface area contributed by atoms with E-state index in [4.69, 9.17) is 14.6 Å². The van der Waals surface area contributed by atoms with E-state index in [-0.39, 0.29) is 5.56 Å². The second kappa shape index (κ2) is 6.10. The summed E-state index contributed by atoms with van der Waals surface area (Å²) in [5, 5.41) is 9.62. The zero-order chi connectivity index (χ0) is 13.7. The molecule has 0 bridgehead atoms. The molecular weight excluding hydrogens is 248 g/mol. The number of aromatic nitrogens is 2. The van der Waals surface area contributed by atoms with Gasteiger partial charge in [0.15, 0.2) is 0 Å². The summed E-state index contributed by atoms with van der Waals surface area (Å²) in [5.41, 5.74) is 0.744. The van der Waals surface area contributed by atoms with Crippen molar-refractivity contribution in [3.05, 3.63) is 30.1 Å². The van der Waals surface area contributed by atoms with Gasteiger partial charge < -0.3 is 14.6 Å². The number of carbonyl (C=O) groups is 1. The fraction of sp³-hybridized carbons (Fsp3) is 0.308. The molecule has 6 heteroatoms. The van der Waals surface area contributed by atoms with Gasteiger partial charge in [-0.1, -0.05) is 0 Å². The van der Waals surface area contributed by atoms with Crippen LogP contribution in [0.25, 0.3) is 10.9 Å². The second-order valence-electron chi connectivity index (χ2n) is 3.91. The van der Waals surface area contributed by atoms with Gasteiger partial charge in [0.2, 0.25) is 5.88 Å². The number of hydrogen-bond donors (Lipinski definition) is 1. The van der Waals surface area contributed by atoms with Crippen LogP contribution in [0.5, 0.6) is 5.88 Å². The van der Waals surface area contributed by atoms with Gasteiger partial charge in [-0.2, -0.15) is 0 Å². The minimum absolute atomic E-state index is 0.191. The topological polar surface area (TPSA) is 81.5 Å². The Balaban J connectivity index is 2.22. The van der Waals surface area contributed by atoms with Crippen molar-refractivity contribution in [3.63, 3.8) is 0 Å². The average Bonchev–Trinajstić information content (AvgIpc) is 2.43. The van der Waals surface area contributed by atoms with E-state index in [0.29, 0.717) is 30.0 Å². The molecule has 1 heterocycles. The highest BCUT2D eigenvalue weighted by Gasteiger charge is 2.08. The van der Waals surface area contributed by atoms with Gasteiger partial charge in [-0.15, -0.1) is 0 Å². The van der Waals surface area contributed by atoms with Crippen molar-refractivity contribution in [1.29, 1.82) is 0 Å². The number of aromatic carboxylic acids is 1. The third-order valence-electron chi connectivity index (χ3n) is 2.58. The van der Waals surface area contributed by atoms with E-state index in [9.17, 15) is 4.79 Å². The lowest BCUT2D eigenvalue weighted by atomic mass is 10.1. The van der Waals surface area contributed by atoms with E-state index >= 15 is 0 Å². The Kier molecular flexibility index (Phi) is 4.25. The van der Waals surface area contributed by atoms with Crippen molar-refractivity contribution >= 4 is 16.9 Å². The maximum atomic E-state index is 10.9. The molecule has 1 aromatic heterocycles. The minimum atomic E-state index is -0.983. The Labute approximate surface area is 110 Å². The normalized spacial score (nSPS) is 10.6. The van der Waals surface area contributed by atoms with Crippen molar-refractivity contribution in [1.82, 2.24) is 9.97 Å². The van der Waals surface area contributed by atoms with Gasteiger partial charge in [0.05, 0.1) is 23.1 Å². The van der Waals surface area contributed by atoms with Crippen LogP contribution >= 0.6 is 0 Å². The summed E-state index contributed by atoms with van der Waals surface area (Å²) >= 11 is 0. The van der Waals surface area contributed by atoms with Gasteiger partial charge in [0, 0.05) is 20.1 Å². The van der Waals surface area contributed by atoms with E-state index in [1.54, 1.807) is 13.2 Å². The number of nitrogens with zero attached hydrogens (tertiary/aromatic N) is 2. The fourth-order valence-electron chi connectivity index (χ4n) is 1.65. The van der Waals surface area contributed by atoms with Crippen molar-refractivity contribution in [2.24, 2.45) is 0 Å². The first-order valence-corrected chi connectivity index (χ1v) is 5.82. The van der Waals surface area contributed by atoms with E-state index in [1.807, 2.05) is 0 Å². The van der Waals surface area contributed by atoms with Gasteiger partial charge in [0.25, 0.3) is 0 Å². The summed E-state index contributed by atoms with van der Waals surface area (Å²) in [6, 6.07) is 4.67. The quantitative estimate of drug-likeness (QED) is 0.798. The first-order valence-electron chi connectivity index (χ1n) is 5.82. The van der Waals surface area contributed by atoms with Crippen molar-refractivity contribution in [2.45, 2.75) is 6.42 Å². The predicted molar refractivity (Wildman–Crippen MR) is 68.5 cm³/mol. The molecule has 0 spiro atoms. The molecule has 1 aromatic carbocycles. The Morgan fingerprint density at radius 2 is 2.16 bits per heavy atom. The van der Waals surface area contributed by atoms with Crippen molar-refractivity contribution in [2.75, 3.05) is 20.3 Å². The summed E-state index contributed by atoms with van der Waals surface area (Å²) in [7, 11) is 1.63. The number of fused-ring (bicyclic) bond motifs is 1. The van der Waals surface area contributed by atoms with E-state index < -0.39 is 5.97 Å². The monoisotopic (exact) mass is 262 g/mol. The first kappa shape index (κ1) is 13.2. The summed E-state index contributed by atoms with van der Waals surface area (Å²) in [6.45, 7) is 1.10. The molecule has 0 aliphatic heterocycles. The molecule has 0 radical (unpaired) electrons. The van der Waals surface area contributed by atoms with Crippen LogP contribution in [-0.4, -0.2) is 41.4 Å². The lowest BCUT2D eigenvalue weighted by Crippen LogP contribution is -2.04. The number of benzene rings is 1. The summed E-state index contributed by atoms with van der Waals surface area (Å²) in [4.78, 5) is 19.0. The zero-order valence-electron chi connectivity index (χ0n) is 10.5. The Bertz CT molecular complexity index is 586. The number of hydrogen-bond acceptors (Lipinski definition) is 5. The maximum absolute atomic E-state index is 10.9. The fourth-order valence-corrected chi connectivity index (χ4v) is 1.65. The van der Waals surface area contributed by atoms with Crippen LogP contribution in [0.4, 0.5) is 0 Å².